The molecule has 0 fully saturated rings. The van der Waals surface area contributed by atoms with E-state index in [9.17, 15) is 9.90 Å². The van der Waals surface area contributed by atoms with E-state index in [4.69, 9.17) is 4.42 Å². The van der Waals surface area contributed by atoms with Crippen LogP contribution in [0.4, 0.5) is 0 Å². The largest absolute Gasteiger partial charge is 0.443 e. The Labute approximate surface area is 133 Å². The maximum atomic E-state index is 12.1. The van der Waals surface area contributed by atoms with Crippen molar-refractivity contribution in [2.24, 2.45) is 0 Å². The first-order valence-electron chi connectivity index (χ1n) is 7.47. The summed E-state index contributed by atoms with van der Waals surface area (Å²) in [7, 11) is 0. The van der Waals surface area contributed by atoms with Gasteiger partial charge in [-0.1, -0.05) is 5.92 Å². The lowest BCUT2D eigenvalue weighted by atomic mass is 10.1. The van der Waals surface area contributed by atoms with Crippen LogP contribution in [0, 0.1) is 11.8 Å². The van der Waals surface area contributed by atoms with E-state index in [0.29, 0.717) is 12.3 Å². The summed E-state index contributed by atoms with van der Waals surface area (Å²) in [5.41, 5.74) is -1.11. The predicted molar refractivity (Wildman–Crippen MR) is 81.4 cm³/mol. The maximum absolute atomic E-state index is 12.1. The van der Waals surface area contributed by atoms with Crippen molar-refractivity contribution in [2.75, 3.05) is 0 Å². The highest BCUT2D eigenvalue weighted by atomic mass is 16.3. The Morgan fingerprint density at radius 2 is 2.30 bits per heavy atom. The number of aryl methyl sites for hydroxylation is 1. The minimum absolute atomic E-state index is 0.172. The molecule has 2 aromatic rings. The van der Waals surface area contributed by atoms with Crippen LogP contribution in [0.1, 0.15) is 48.2 Å². The van der Waals surface area contributed by atoms with Crippen LogP contribution in [0.2, 0.25) is 0 Å². The van der Waals surface area contributed by atoms with Gasteiger partial charge in [-0.3, -0.25) is 4.79 Å². The average Bonchev–Trinajstić information content (AvgIpc) is 3.18. The van der Waals surface area contributed by atoms with Gasteiger partial charge in [-0.25, -0.2) is 0 Å². The van der Waals surface area contributed by atoms with Gasteiger partial charge in [-0.05, 0) is 38.3 Å². The zero-order valence-corrected chi connectivity index (χ0v) is 13.1. The first kappa shape index (κ1) is 15.3. The molecule has 0 aliphatic carbocycles. The molecule has 7 heteroatoms. The summed E-state index contributed by atoms with van der Waals surface area (Å²) in [6, 6.07) is 3.15. The van der Waals surface area contributed by atoms with E-state index < -0.39 is 5.60 Å². The molecule has 7 nitrogen and oxygen atoms in total. The second-order valence-corrected chi connectivity index (χ2v) is 5.94. The Hall–Kier alpha value is -2.59. The van der Waals surface area contributed by atoms with Gasteiger partial charge < -0.3 is 19.4 Å². The molecule has 0 radical (unpaired) electrons. The van der Waals surface area contributed by atoms with Gasteiger partial charge >= 0.3 is 0 Å². The third-order valence-corrected chi connectivity index (χ3v) is 3.41. The summed E-state index contributed by atoms with van der Waals surface area (Å²) >= 11 is 0. The van der Waals surface area contributed by atoms with E-state index in [1.807, 2.05) is 4.57 Å². The van der Waals surface area contributed by atoms with Crippen molar-refractivity contribution in [1.29, 1.82) is 0 Å². The fourth-order valence-corrected chi connectivity index (χ4v) is 2.33. The van der Waals surface area contributed by atoms with Crippen LogP contribution in [0.3, 0.4) is 0 Å². The van der Waals surface area contributed by atoms with Crippen LogP contribution in [-0.2, 0) is 19.5 Å². The molecule has 2 aromatic heterocycles. The van der Waals surface area contributed by atoms with Crippen LogP contribution in [0.5, 0.6) is 0 Å². The molecule has 3 rings (SSSR count). The van der Waals surface area contributed by atoms with E-state index >= 15 is 0 Å². The van der Waals surface area contributed by atoms with Crippen LogP contribution in [0.25, 0.3) is 0 Å². The molecule has 120 valence electrons. The number of furan rings is 1. The number of carbonyl (C=O) groups is 1. The summed E-state index contributed by atoms with van der Waals surface area (Å²) < 4.78 is 7.39. The second kappa shape index (κ2) is 5.89. The van der Waals surface area contributed by atoms with Crippen molar-refractivity contribution in [3.8, 4) is 11.8 Å². The third-order valence-electron chi connectivity index (χ3n) is 3.41. The number of amides is 1. The van der Waals surface area contributed by atoms with E-state index in [0.717, 1.165) is 31.0 Å². The maximum Gasteiger partial charge on any atom is 0.287 e. The average molecular weight is 314 g/mol. The molecule has 3 heterocycles. The van der Waals surface area contributed by atoms with Crippen LogP contribution < -0.4 is 5.32 Å². The van der Waals surface area contributed by atoms with Gasteiger partial charge in [0.25, 0.3) is 5.91 Å². The minimum atomic E-state index is -1.11. The van der Waals surface area contributed by atoms with Gasteiger partial charge in [-0.15, -0.1) is 10.2 Å². The molecule has 1 amide bonds. The molecule has 0 spiro atoms. The topological polar surface area (TPSA) is 93.2 Å². The summed E-state index contributed by atoms with van der Waals surface area (Å²) in [6.07, 6.45) is 2.00. The number of nitrogens with one attached hydrogen (secondary N) is 1. The molecular formula is C16H18N4O3. The molecule has 1 aliphatic heterocycles. The first-order chi connectivity index (χ1) is 10.9. The van der Waals surface area contributed by atoms with Gasteiger partial charge in [0, 0.05) is 13.0 Å². The van der Waals surface area contributed by atoms with Crippen molar-refractivity contribution in [3.63, 3.8) is 0 Å². The zero-order chi connectivity index (χ0) is 16.4. The van der Waals surface area contributed by atoms with Crippen LogP contribution in [-0.4, -0.2) is 31.4 Å². The lowest BCUT2D eigenvalue weighted by Crippen LogP contribution is -2.24. The van der Waals surface area contributed by atoms with E-state index in [2.05, 4.69) is 27.4 Å². The fourth-order valence-electron chi connectivity index (χ4n) is 2.33. The summed E-state index contributed by atoms with van der Waals surface area (Å²) in [5.74, 6) is 7.21. The number of carbonyl (C=O) groups excluding carboxylic acids is 1. The molecule has 0 atom stereocenters. The molecule has 0 bridgehead atoms. The van der Waals surface area contributed by atoms with Gasteiger partial charge in [-0.2, -0.15) is 0 Å². The molecule has 2 N–H and O–H groups in total. The monoisotopic (exact) mass is 314 g/mol. The number of rotatable bonds is 3. The van der Waals surface area contributed by atoms with Crippen molar-refractivity contribution in [1.82, 2.24) is 20.1 Å². The predicted octanol–water partition coefficient (Wildman–Crippen LogP) is 0.870. The number of aromatic nitrogens is 3. The van der Waals surface area contributed by atoms with Gasteiger partial charge in [0.2, 0.25) is 0 Å². The Bertz CT molecular complexity index is 786. The van der Waals surface area contributed by atoms with Crippen LogP contribution >= 0.6 is 0 Å². The number of hydrogen-bond donors (Lipinski definition) is 2. The standard InChI is InChI=1S/C16H18N4O3/c1-16(2,22)8-7-11-5-6-12(23-11)15(21)17-10-14-19-18-13-4-3-9-20(13)14/h5-6,22H,3-4,9-10H2,1-2H3,(H,17,21). The molecule has 0 saturated carbocycles. The lowest BCUT2D eigenvalue weighted by molar-refractivity contribution is 0.0921. The SMILES string of the molecule is CC(C)(O)C#Cc1ccc(C(=O)NCc2nnc3n2CCC3)o1. The van der Waals surface area contributed by atoms with Gasteiger partial charge in [0.15, 0.2) is 17.3 Å². The number of hydrogen-bond acceptors (Lipinski definition) is 5. The molecule has 1 aliphatic rings. The number of nitrogens with zero attached hydrogens (tertiary/aromatic N) is 3. The Kier molecular flexibility index (Phi) is 3.92. The highest BCUT2D eigenvalue weighted by Crippen LogP contribution is 2.14. The summed E-state index contributed by atoms with van der Waals surface area (Å²) in [6.45, 7) is 4.35. The number of aliphatic hydroxyl groups is 1. The Morgan fingerprint density at radius 1 is 1.48 bits per heavy atom. The summed E-state index contributed by atoms with van der Waals surface area (Å²) in [5, 5.41) is 20.5. The van der Waals surface area contributed by atoms with E-state index in [1.54, 1.807) is 26.0 Å². The molecular weight excluding hydrogens is 296 g/mol. The van der Waals surface area contributed by atoms with Gasteiger partial charge in [0.05, 0.1) is 6.54 Å². The normalized spacial score (nSPS) is 13.3. The molecule has 0 saturated heterocycles. The van der Waals surface area contributed by atoms with E-state index in [1.165, 1.54) is 0 Å². The van der Waals surface area contributed by atoms with Crippen molar-refractivity contribution in [2.45, 2.75) is 45.4 Å². The van der Waals surface area contributed by atoms with Crippen molar-refractivity contribution in [3.05, 3.63) is 35.3 Å². The Morgan fingerprint density at radius 3 is 3.09 bits per heavy atom. The molecule has 23 heavy (non-hydrogen) atoms. The fraction of sp³-hybridized carbons (Fsp3) is 0.438. The number of fused-ring (bicyclic) bond motifs is 1. The van der Waals surface area contributed by atoms with E-state index in [-0.39, 0.29) is 11.7 Å². The zero-order valence-electron chi connectivity index (χ0n) is 13.1. The van der Waals surface area contributed by atoms with Gasteiger partial charge in [0.1, 0.15) is 11.4 Å². The highest BCUT2D eigenvalue weighted by Gasteiger charge is 2.18. The second-order valence-electron chi connectivity index (χ2n) is 5.94. The lowest BCUT2D eigenvalue weighted by Gasteiger charge is -2.05. The third kappa shape index (κ3) is 3.60. The van der Waals surface area contributed by atoms with Crippen LogP contribution in [0.15, 0.2) is 16.5 Å². The van der Waals surface area contributed by atoms with Crippen molar-refractivity contribution < 1.29 is 14.3 Å². The summed E-state index contributed by atoms with van der Waals surface area (Å²) in [4.78, 5) is 12.1. The smallest absolute Gasteiger partial charge is 0.287 e. The highest BCUT2D eigenvalue weighted by molar-refractivity contribution is 5.91. The quantitative estimate of drug-likeness (QED) is 0.820. The van der Waals surface area contributed by atoms with Crippen molar-refractivity contribution >= 4 is 5.91 Å². The molecule has 0 aromatic carbocycles. The first-order valence-corrected chi connectivity index (χ1v) is 7.47. The molecule has 0 unspecified atom stereocenters. The Balaban J connectivity index is 1.62. The minimum Gasteiger partial charge on any atom is -0.443 e.